The fourth-order valence-electron chi connectivity index (χ4n) is 0.236. The zero-order valence-corrected chi connectivity index (χ0v) is 6.17. The molecule has 0 aromatic carbocycles. The zero-order chi connectivity index (χ0) is 8.15. The van der Waals surface area contributed by atoms with Crippen LogP contribution in [0, 0.1) is 0 Å². The molecule has 0 radical (unpaired) electrons. The van der Waals surface area contributed by atoms with Crippen LogP contribution >= 0.6 is 12.2 Å². The Labute approximate surface area is 63.1 Å². The second kappa shape index (κ2) is 3.94. The molecule has 0 rings (SSSR count). The Hall–Kier alpha value is -0.970. The fraction of sp³-hybridized carbons (Fsp3) is 0.200. The molecule has 0 saturated carbocycles. The van der Waals surface area contributed by atoms with Crippen molar-refractivity contribution in [2.45, 2.75) is 6.92 Å². The number of amides is 1. The molecule has 0 spiro atoms. The highest BCUT2D eigenvalue weighted by Gasteiger charge is 1.99. The van der Waals surface area contributed by atoms with Gasteiger partial charge in [-0.1, -0.05) is 12.2 Å². The Morgan fingerprint density at radius 1 is 1.80 bits per heavy atom. The van der Waals surface area contributed by atoms with Gasteiger partial charge in [-0.2, -0.15) is 4.39 Å². The number of nitrogens with two attached hydrogens (primary N) is 1. The Morgan fingerprint density at radius 2 is 2.30 bits per heavy atom. The van der Waals surface area contributed by atoms with E-state index >= 15 is 0 Å². The maximum atomic E-state index is 12.2. The van der Waals surface area contributed by atoms with Crippen LogP contribution in [0.15, 0.2) is 12.0 Å². The van der Waals surface area contributed by atoms with Crippen LogP contribution in [0.4, 0.5) is 4.39 Å². The molecule has 0 aromatic heterocycles. The molecule has 3 nitrogen and oxygen atoms in total. The van der Waals surface area contributed by atoms with Crippen LogP contribution in [-0.2, 0) is 4.79 Å². The summed E-state index contributed by atoms with van der Waals surface area (Å²) >= 11 is 4.53. The van der Waals surface area contributed by atoms with Crippen molar-refractivity contribution in [2.24, 2.45) is 5.73 Å². The van der Waals surface area contributed by atoms with E-state index in [9.17, 15) is 9.18 Å². The molecular formula is C5H7FN2OS. The van der Waals surface area contributed by atoms with E-state index in [0.717, 1.165) is 6.20 Å². The van der Waals surface area contributed by atoms with E-state index in [4.69, 9.17) is 0 Å². The standard InChI is InChI=1S/C5H7FN2OS/c1-3(10)8-2-4(6)5(7)9/h2H,1H3,(H2,7,9)(H,8,10)/b4-2-. The topological polar surface area (TPSA) is 55.1 Å². The summed E-state index contributed by atoms with van der Waals surface area (Å²) in [4.78, 5) is 10.4. The molecule has 0 fully saturated rings. The van der Waals surface area contributed by atoms with Gasteiger partial charge in [-0.3, -0.25) is 4.79 Å². The van der Waals surface area contributed by atoms with Crippen molar-refractivity contribution in [3.63, 3.8) is 0 Å². The molecular weight excluding hydrogens is 155 g/mol. The molecule has 0 aliphatic heterocycles. The van der Waals surface area contributed by atoms with Crippen molar-refractivity contribution in [2.75, 3.05) is 0 Å². The minimum Gasteiger partial charge on any atom is -0.364 e. The first kappa shape index (κ1) is 9.03. The number of hydrogen-bond acceptors (Lipinski definition) is 2. The number of thiocarbonyl (C=S) groups is 1. The molecule has 10 heavy (non-hydrogen) atoms. The summed E-state index contributed by atoms with van der Waals surface area (Å²) in [5.74, 6) is -2.15. The lowest BCUT2D eigenvalue weighted by Gasteiger charge is -1.93. The number of rotatable bonds is 2. The summed E-state index contributed by atoms with van der Waals surface area (Å²) in [6, 6.07) is 0. The maximum Gasteiger partial charge on any atom is 0.278 e. The molecule has 0 aromatic rings. The normalized spacial score (nSPS) is 10.8. The van der Waals surface area contributed by atoms with E-state index < -0.39 is 11.7 Å². The summed E-state index contributed by atoms with van der Waals surface area (Å²) in [7, 11) is 0. The molecule has 3 N–H and O–H groups in total. The van der Waals surface area contributed by atoms with Gasteiger partial charge in [0.2, 0.25) is 5.83 Å². The molecule has 0 atom stereocenters. The summed E-state index contributed by atoms with van der Waals surface area (Å²) in [6.45, 7) is 1.56. The highest BCUT2D eigenvalue weighted by molar-refractivity contribution is 7.80. The Bertz CT molecular complexity index is 190. The molecule has 0 saturated heterocycles. The second-order valence-electron chi connectivity index (χ2n) is 1.56. The third-order valence-electron chi connectivity index (χ3n) is 0.638. The summed E-state index contributed by atoms with van der Waals surface area (Å²) < 4.78 is 12.2. The van der Waals surface area contributed by atoms with E-state index in [1.165, 1.54) is 0 Å². The average molecular weight is 162 g/mol. The molecule has 0 unspecified atom stereocenters. The van der Waals surface area contributed by atoms with Crippen LogP contribution in [0.1, 0.15) is 6.92 Å². The van der Waals surface area contributed by atoms with Gasteiger partial charge in [0.25, 0.3) is 5.91 Å². The first-order valence-electron chi connectivity index (χ1n) is 2.46. The van der Waals surface area contributed by atoms with Gasteiger partial charge in [0.1, 0.15) is 0 Å². The minimum atomic E-state index is -1.11. The highest BCUT2D eigenvalue weighted by atomic mass is 32.1. The van der Waals surface area contributed by atoms with Crippen LogP contribution in [0.3, 0.4) is 0 Å². The smallest absolute Gasteiger partial charge is 0.278 e. The molecule has 56 valence electrons. The van der Waals surface area contributed by atoms with Crippen LogP contribution in [0.5, 0.6) is 0 Å². The van der Waals surface area contributed by atoms with Crippen molar-refractivity contribution in [3.05, 3.63) is 12.0 Å². The van der Waals surface area contributed by atoms with Crippen LogP contribution in [0.2, 0.25) is 0 Å². The minimum absolute atomic E-state index is 0.372. The first-order chi connectivity index (χ1) is 4.54. The van der Waals surface area contributed by atoms with Gasteiger partial charge in [-0.25, -0.2) is 0 Å². The van der Waals surface area contributed by atoms with Gasteiger partial charge in [0, 0.05) is 6.20 Å². The predicted molar refractivity (Wildman–Crippen MR) is 39.8 cm³/mol. The van der Waals surface area contributed by atoms with E-state index in [2.05, 4.69) is 23.3 Å². The Morgan fingerprint density at radius 3 is 2.60 bits per heavy atom. The number of halogens is 1. The fourth-order valence-corrected chi connectivity index (χ4v) is 0.295. The van der Waals surface area contributed by atoms with Crippen molar-refractivity contribution < 1.29 is 9.18 Å². The number of nitrogens with one attached hydrogen (secondary N) is 1. The van der Waals surface area contributed by atoms with E-state index in [1.54, 1.807) is 6.92 Å². The van der Waals surface area contributed by atoms with E-state index in [-0.39, 0.29) is 0 Å². The summed E-state index contributed by atoms with van der Waals surface area (Å²) in [5, 5.41) is 2.32. The lowest BCUT2D eigenvalue weighted by atomic mass is 10.5. The van der Waals surface area contributed by atoms with Gasteiger partial charge < -0.3 is 11.1 Å². The van der Waals surface area contributed by atoms with Crippen LogP contribution in [0.25, 0.3) is 0 Å². The van der Waals surface area contributed by atoms with Crippen molar-refractivity contribution in [3.8, 4) is 0 Å². The Balaban J connectivity index is 3.92. The van der Waals surface area contributed by atoms with Crippen molar-refractivity contribution >= 4 is 23.1 Å². The van der Waals surface area contributed by atoms with Gasteiger partial charge in [-0.05, 0) is 6.92 Å². The van der Waals surface area contributed by atoms with Crippen LogP contribution < -0.4 is 11.1 Å². The molecule has 0 heterocycles. The number of carbonyl (C=O) groups excluding carboxylic acids is 1. The van der Waals surface area contributed by atoms with Crippen molar-refractivity contribution in [1.29, 1.82) is 0 Å². The Kier molecular flexibility index (Phi) is 3.56. The number of hydrogen-bond donors (Lipinski definition) is 2. The monoisotopic (exact) mass is 162 g/mol. The predicted octanol–water partition coefficient (Wildman–Crippen LogP) is 0.219. The summed E-state index contributed by atoms with van der Waals surface area (Å²) in [5.41, 5.74) is 4.56. The van der Waals surface area contributed by atoms with Gasteiger partial charge in [0.15, 0.2) is 0 Å². The number of carbonyl (C=O) groups is 1. The van der Waals surface area contributed by atoms with Gasteiger partial charge in [-0.15, -0.1) is 0 Å². The molecule has 5 heteroatoms. The average Bonchev–Trinajstić information content (AvgIpc) is 1.82. The van der Waals surface area contributed by atoms with E-state index in [0.29, 0.717) is 4.99 Å². The zero-order valence-electron chi connectivity index (χ0n) is 5.35. The van der Waals surface area contributed by atoms with E-state index in [1.807, 2.05) is 0 Å². The highest BCUT2D eigenvalue weighted by Crippen LogP contribution is 1.90. The lowest BCUT2D eigenvalue weighted by molar-refractivity contribution is -0.115. The largest absolute Gasteiger partial charge is 0.364 e. The molecule has 0 aliphatic rings. The first-order valence-corrected chi connectivity index (χ1v) is 2.87. The molecule has 1 amide bonds. The third-order valence-corrected chi connectivity index (χ3v) is 0.755. The molecule has 0 bridgehead atoms. The SMILES string of the molecule is CC(=S)N/C=C(\F)C(N)=O. The maximum absolute atomic E-state index is 12.2. The van der Waals surface area contributed by atoms with Crippen molar-refractivity contribution in [1.82, 2.24) is 5.32 Å². The number of primary amides is 1. The van der Waals surface area contributed by atoms with Gasteiger partial charge in [0.05, 0.1) is 4.99 Å². The van der Waals surface area contributed by atoms with Gasteiger partial charge >= 0.3 is 0 Å². The summed E-state index contributed by atoms with van der Waals surface area (Å²) in [6.07, 6.45) is 0.824. The lowest BCUT2D eigenvalue weighted by Crippen LogP contribution is -2.16. The molecule has 0 aliphatic carbocycles. The second-order valence-corrected chi connectivity index (χ2v) is 2.17. The third kappa shape index (κ3) is 3.96. The van der Waals surface area contributed by atoms with Crippen LogP contribution in [-0.4, -0.2) is 10.9 Å². The quantitative estimate of drug-likeness (QED) is 0.451.